The maximum atomic E-state index is 12.1. The Bertz CT molecular complexity index is 574. The van der Waals surface area contributed by atoms with Crippen molar-refractivity contribution in [2.24, 2.45) is 5.92 Å². The van der Waals surface area contributed by atoms with Crippen LogP contribution in [0, 0.1) is 5.92 Å². The van der Waals surface area contributed by atoms with E-state index in [0.29, 0.717) is 24.8 Å². The molecule has 1 aliphatic rings. The standard InChI is InChI=1S/C20H30O4/c1-13(2)11-18(22)19(23)15(4)7-6-10-20(5,24)16-9-8-14(3)12-17(16)21/h7,11-12,16,19,23-24H,6,8-10H2,1-5H3/t16-,19+,20-/m0/s1. The molecule has 24 heavy (non-hydrogen) atoms. The highest BCUT2D eigenvalue weighted by Crippen LogP contribution is 2.32. The number of rotatable bonds is 7. The van der Waals surface area contributed by atoms with Gasteiger partial charge >= 0.3 is 0 Å². The number of hydrogen-bond donors (Lipinski definition) is 2. The van der Waals surface area contributed by atoms with Crippen LogP contribution in [0.25, 0.3) is 0 Å². The van der Waals surface area contributed by atoms with E-state index in [1.807, 2.05) is 6.92 Å². The Morgan fingerprint density at radius 2 is 2.04 bits per heavy atom. The fraction of sp³-hybridized carbons (Fsp3) is 0.600. The summed E-state index contributed by atoms with van der Waals surface area (Å²) in [6.45, 7) is 8.93. The van der Waals surface area contributed by atoms with Gasteiger partial charge in [-0.25, -0.2) is 0 Å². The highest BCUT2D eigenvalue weighted by molar-refractivity contribution is 5.96. The van der Waals surface area contributed by atoms with Crippen molar-refractivity contribution in [3.8, 4) is 0 Å². The Morgan fingerprint density at radius 3 is 2.58 bits per heavy atom. The van der Waals surface area contributed by atoms with E-state index >= 15 is 0 Å². The van der Waals surface area contributed by atoms with Gasteiger partial charge in [0, 0.05) is 0 Å². The van der Waals surface area contributed by atoms with Gasteiger partial charge < -0.3 is 10.2 Å². The van der Waals surface area contributed by atoms with Crippen molar-refractivity contribution in [2.75, 3.05) is 0 Å². The second-order valence-electron chi connectivity index (χ2n) is 7.35. The Labute approximate surface area is 145 Å². The number of allylic oxidation sites excluding steroid dienone is 4. The van der Waals surface area contributed by atoms with Crippen LogP contribution in [0.1, 0.15) is 60.3 Å². The minimum absolute atomic E-state index is 0.0109. The smallest absolute Gasteiger partial charge is 0.188 e. The lowest BCUT2D eigenvalue weighted by molar-refractivity contribution is -0.128. The van der Waals surface area contributed by atoms with Gasteiger partial charge in [0.05, 0.1) is 11.5 Å². The second-order valence-corrected chi connectivity index (χ2v) is 7.35. The van der Waals surface area contributed by atoms with Gasteiger partial charge in [0.1, 0.15) is 6.10 Å². The molecule has 0 heterocycles. The molecule has 4 heteroatoms. The van der Waals surface area contributed by atoms with Crippen LogP contribution in [-0.2, 0) is 9.59 Å². The molecule has 0 radical (unpaired) electrons. The summed E-state index contributed by atoms with van der Waals surface area (Å²) in [6.07, 6.45) is 6.09. The zero-order chi connectivity index (χ0) is 18.5. The summed E-state index contributed by atoms with van der Waals surface area (Å²) in [7, 11) is 0. The first-order valence-corrected chi connectivity index (χ1v) is 8.51. The van der Waals surface area contributed by atoms with Crippen molar-refractivity contribution < 1.29 is 19.8 Å². The first kappa shape index (κ1) is 20.5. The molecule has 0 aromatic heterocycles. The van der Waals surface area contributed by atoms with Crippen LogP contribution in [0.3, 0.4) is 0 Å². The minimum atomic E-state index is -1.15. The van der Waals surface area contributed by atoms with Crippen LogP contribution in [-0.4, -0.2) is 33.5 Å². The van der Waals surface area contributed by atoms with E-state index in [2.05, 4.69) is 0 Å². The molecular formula is C20H30O4. The van der Waals surface area contributed by atoms with Gasteiger partial charge in [0.2, 0.25) is 0 Å². The lowest BCUT2D eigenvalue weighted by Gasteiger charge is -2.33. The summed E-state index contributed by atoms with van der Waals surface area (Å²) in [4.78, 5) is 23.9. The van der Waals surface area contributed by atoms with Gasteiger partial charge in [0.25, 0.3) is 0 Å². The van der Waals surface area contributed by atoms with Crippen molar-refractivity contribution in [2.45, 2.75) is 72.0 Å². The van der Waals surface area contributed by atoms with Crippen molar-refractivity contribution in [1.82, 2.24) is 0 Å². The van der Waals surface area contributed by atoms with Gasteiger partial charge in [-0.05, 0) is 78.0 Å². The summed E-state index contributed by atoms with van der Waals surface area (Å²) < 4.78 is 0. The maximum absolute atomic E-state index is 12.1. The average molecular weight is 334 g/mol. The van der Waals surface area contributed by atoms with E-state index in [1.54, 1.807) is 39.8 Å². The number of hydrogen-bond acceptors (Lipinski definition) is 4. The summed E-state index contributed by atoms with van der Waals surface area (Å²) in [6, 6.07) is 0. The number of ketones is 2. The topological polar surface area (TPSA) is 74.6 Å². The van der Waals surface area contributed by atoms with Crippen molar-refractivity contribution >= 4 is 11.6 Å². The third kappa shape index (κ3) is 5.84. The molecule has 0 aromatic carbocycles. The van der Waals surface area contributed by atoms with E-state index in [9.17, 15) is 19.8 Å². The fourth-order valence-corrected chi connectivity index (χ4v) is 3.01. The van der Waals surface area contributed by atoms with Crippen LogP contribution in [0.15, 0.2) is 34.9 Å². The number of aliphatic hydroxyl groups is 2. The molecule has 0 amide bonds. The van der Waals surface area contributed by atoms with Gasteiger partial charge in [-0.3, -0.25) is 9.59 Å². The highest BCUT2D eigenvalue weighted by Gasteiger charge is 2.37. The first-order valence-electron chi connectivity index (χ1n) is 8.51. The molecule has 0 bridgehead atoms. The van der Waals surface area contributed by atoms with E-state index in [4.69, 9.17) is 0 Å². The molecule has 2 N–H and O–H groups in total. The zero-order valence-corrected chi connectivity index (χ0v) is 15.4. The Kier molecular flexibility index (Phi) is 7.30. The zero-order valence-electron chi connectivity index (χ0n) is 15.4. The van der Waals surface area contributed by atoms with Gasteiger partial charge in [-0.1, -0.05) is 17.2 Å². The van der Waals surface area contributed by atoms with E-state index in [-0.39, 0.29) is 17.5 Å². The number of carbonyl (C=O) groups is 2. The monoisotopic (exact) mass is 334 g/mol. The van der Waals surface area contributed by atoms with E-state index in [1.165, 1.54) is 6.08 Å². The highest BCUT2D eigenvalue weighted by atomic mass is 16.3. The Morgan fingerprint density at radius 1 is 1.42 bits per heavy atom. The first-order chi connectivity index (χ1) is 11.0. The predicted molar refractivity (Wildman–Crippen MR) is 95.5 cm³/mol. The van der Waals surface area contributed by atoms with Crippen LogP contribution in [0.5, 0.6) is 0 Å². The molecule has 3 atom stereocenters. The van der Waals surface area contributed by atoms with Crippen LogP contribution >= 0.6 is 0 Å². The van der Waals surface area contributed by atoms with Crippen LogP contribution in [0.2, 0.25) is 0 Å². The normalized spacial score (nSPS) is 22.5. The molecule has 0 aliphatic heterocycles. The summed E-state index contributed by atoms with van der Waals surface area (Å²) in [5.74, 6) is -0.728. The minimum Gasteiger partial charge on any atom is -0.389 e. The molecule has 0 saturated heterocycles. The van der Waals surface area contributed by atoms with Gasteiger partial charge in [0.15, 0.2) is 11.6 Å². The lowest BCUT2D eigenvalue weighted by Crippen LogP contribution is -2.40. The molecule has 0 saturated carbocycles. The largest absolute Gasteiger partial charge is 0.389 e. The van der Waals surface area contributed by atoms with Crippen molar-refractivity contribution in [3.63, 3.8) is 0 Å². The van der Waals surface area contributed by atoms with Crippen molar-refractivity contribution in [3.05, 3.63) is 34.9 Å². The lowest BCUT2D eigenvalue weighted by atomic mass is 9.75. The fourth-order valence-electron chi connectivity index (χ4n) is 3.01. The molecule has 0 aromatic rings. The maximum Gasteiger partial charge on any atom is 0.188 e. The van der Waals surface area contributed by atoms with Crippen LogP contribution < -0.4 is 0 Å². The third-order valence-electron chi connectivity index (χ3n) is 4.56. The number of aliphatic hydroxyl groups excluding tert-OH is 1. The molecule has 0 fully saturated rings. The van der Waals surface area contributed by atoms with E-state index < -0.39 is 11.7 Å². The second kappa shape index (κ2) is 8.54. The molecule has 0 unspecified atom stereocenters. The Hall–Kier alpha value is -1.52. The summed E-state index contributed by atoms with van der Waals surface area (Å²) in [5, 5.41) is 20.7. The van der Waals surface area contributed by atoms with Gasteiger partial charge in [-0.2, -0.15) is 0 Å². The Balaban J connectivity index is 2.66. The van der Waals surface area contributed by atoms with Crippen molar-refractivity contribution in [1.29, 1.82) is 0 Å². The van der Waals surface area contributed by atoms with Crippen LogP contribution in [0.4, 0.5) is 0 Å². The quantitative estimate of drug-likeness (QED) is 0.553. The van der Waals surface area contributed by atoms with E-state index in [0.717, 1.165) is 17.6 Å². The summed E-state index contributed by atoms with van der Waals surface area (Å²) in [5.41, 5.74) is 1.39. The van der Waals surface area contributed by atoms with Gasteiger partial charge in [-0.15, -0.1) is 0 Å². The molecule has 4 nitrogen and oxygen atoms in total. The molecular weight excluding hydrogens is 304 g/mol. The molecule has 134 valence electrons. The predicted octanol–water partition coefficient (Wildman–Crippen LogP) is 3.29. The molecule has 1 rings (SSSR count). The summed E-state index contributed by atoms with van der Waals surface area (Å²) >= 11 is 0. The molecule has 0 spiro atoms. The SMILES string of the molecule is CC(C)=CC(=O)[C@H](O)C(C)=CCC[C@](C)(O)[C@H]1CCC(C)=CC1=O. The molecule has 1 aliphatic carbocycles. The number of carbonyl (C=O) groups excluding carboxylic acids is 2. The third-order valence-corrected chi connectivity index (χ3v) is 4.56. The average Bonchev–Trinajstić information content (AvgIpc) is 2.44.